The number of amides is 1. The minimum atomic E-state index is -0.674. The SMILES string of the molecule is C=Cc1ccc(N(CC2(c3ncccc3F)CCC2)C(=O)OC(C)(C)C)nn1. The summed E-state index contributed by atoms with van der Waals surface area (Å²) in [7, 11) is 0. The highest BCUT2D eigenvalue weighted by atomic mass is 19.1. The van der Waals surface area contributed by atoms with E-state index in [1.165, 1.54) is 11.0 Å². The Bertz CT molecular complexity index is 857. The molecule has 0 unspecified atom stereocenters. The maximum absolute atomic E-state index is 14.5. The summed E-state index contributed by atoms with van der Waals surface area (Å²) in [6.45, 7) is 9.28. The predicted octanol–water partition coefficient (Wildman–Crippen LogP) is 4.52. The van der Waals surface area contributed by atoms with Gasteiger partial charge in [-0.2, -0.15) is 0 Å². The smallest absolute Gasteiger partial charge is 0.416 e. The van der Waals surface area contributed by atoms with Crippen LogP contribution in [0.25, 0.3) is 6.08 Å². The fourth-order valence-electron chi connectivity index (χ4n) is 3.30. The predicted molar refractivity (Wildman–Crippen MR) is 105 cm³/mol. The van der Waals surface area contributed by atoms with Crippen LogP contribution in [0, 0.1) is 5.82 Å². The Labute approximate surface area is 164 Å². The van der Waals surface area contributed by atoms with E-state index in [0.717, 1.165) is 19.3 Å². The summed E-state index contributed by atoms with van der Waals surface area (Å²) in [6, 6.07) is 6.38. The van der Waals surface area contributed by atoms with E-state index in [1.54, 1.807) is 51.2 Å². The lowest BCUT2D eigenvalue weighted by molar-refractivity contribution is 0.0557. The maximum Gasteiger partial charge on any atom is 0.416 e. The lowest BCUT2D eigenvalue weighted by Gasteiger charge is -2.44. The first-order valence-electron chi connectivity index (χ1n) is 9.32. The van der Waals surface area contributed by atoms with Crippen LogP contribution in [0.15, 0.2) is 37.0 Å². The molecule has 28 heavy (non-hydrogen) atoms. The van der Waals surface area contributed by atoms with Gasteiger partial charge in [0.1, 0.15) is 11.4 Å². The van der Waals surface area contributed by atoms with Crippen molar-refractivity contribution in [3.63, 3.8) is 0 Å². The molecule has 0 radical (unpaired) electrons. The lowest BCUT2D eigenvalue weighted by atomic mass is 9.66. The largest absolute Gasteiger partial charge is 0.443 e. The molecule has 2 heterocycles. The van der Waals surface area contributed by atoms with Gasteiger partial charge in [-0.15, -0.1) is 10.2 Å². The van der Waals surface area contributed by atoms with E-state index in [4.69, 9.17) is 4.74 Å². The number of carbonyl (C=O) groups excluding carboxylic acids is 1. The van der Waals surface area contributed by atoms with E-state index in [0.29, 0.717) is 17.2 Å². The fourth-order valence-corrected chi connectivity index (χ4v) is 3.30. The molecule has 6 nitrogen and oxygen atoms in total. The molecule has 2 aromatic rings. The molecule has 2 aromatic heterocycles. The van der Waals surface area contributed by atoms with Crippen LogP contribution in [-0.4, -0.2) is 33.4 Å². The maximum atomic E-state index is 14.5. The minimum absolute atomic E-state index is 0.220. The van der Waals surface area contributed by atoms with E-state index in [2.05, 4.69) is 21.8 Å². The Hall–Kier alpha value is -2.83. The first-order chi connectivity index (χ1) is 13.2. The first kappa shape index (κ1) is 19.9. The Morgan fingerprint density at radius 2 is 2.07 bits per heavy atom. The molecule has 0 aromatic carbocycles. The number of anilines is 1. The molecule has 0 saturated heterocycles. The zero-order valence-corrected chi connectivity index (χ0v) is 16.5. The summed E-state index contributed by atoms with van der Waals surface area (Å²) in [5.74, 6) is -0.0121. The zero-order chi connectivity index (χ0) is 20.4. The molecule has 0 N–H and O–H groups in total. The van der Waals surface area contributed by atoms with Crippen molar-refractivity contribution < 1.29 is 13.9 Å². The van der Waals surface area contributed by atoms with E-state index >= 15 is 0 Å². The van der Waals surface area contributed by atoms with Crippen LogP contribution in [0.3, 0.4) is 0 Å². The number of hydrogen-bond donors (Lipinski definition) is 0. The van der Waals surface area contributed by atoms with Crippen LogP contribution in [0.2, 0.25) is 0 Å². The second kappa shape index (κ2) is 7.66. The average Bonchev–Trinajstić information content (AvgIpc) is 2.61. The highest BCUT2D eigenvalue weighted by molar-refractivity contribution is 5.87. The van der Waals surface area contributed by atoms with Crippen LogP contribution in [-0.2, 0) is 10.2 Å². The van der Waals surface area contributed by atoms with Gasteiger partial charge in [-0.25, -0.2) is 9.18 Å². The van der Waals surface area contributed by atoms with Crippen molar-refractivity contribution >= 4 is 18.0 Å². The molecule has 0 atom stereocenters. The molecule has 0 aliphatic heterocycles. The molecule has 1 aliphatic carbocycles. The van der Waals surface area contributed by atoms with Gasteiger partial charge in [0.25, 0.3) is 0 Å². The van der Waals surface area contributed by atoms with E-state index < -0.39 is 17.1 Å². The van der Waals surface area contributed by atoms with Crippen molar-refractivity contribution in [2.24, 2.45) is 0 Å². The van der Waals surface area contributed by atoms with Gasteiger partial charge in [0.05, 0.1) is 11.4 Å². The zero-order valence-electron chi connectivity index (χ0n) is 16.5. The van der Waals surface area contributed by atoms with Gasteiger partial charge >= 0.3 is 6.09 Å². The summed E-state index contributed by atoms with van der Waals surface area (Å²) >= 11 is 0. The van der Waals surface area contributed by atoms with E-state index in [1.807, 2.05) is 0 Å². The minimum Gasteiger partial charge on any atom is -0.443 e. The Morgan fingerprint density at radius 3 is 2.57 bits per heavy atom. The van der Waals surface area contributed by atoms with Crippen LogP contribution in [0.1, 0.15) is 51.4 Å². The topological polar surface area (TPSA) is 68.2 Å². The van der Waals surface area contributed by atoms with Crippen LogP contribution < -0.4 is 4.90 Å². The number of ether oxygens (including phenoxy) is 1. The lowest BCUT2D eigenvalue weighted by Crippen LogP contribution is -2.50. The third kappa shape index (κ3) is 4.18. The second-order valence-corrected chi connectivity index (χ2v) is 8.05. The van der Waals surface area contributed by atoms with Gasteiger partial charge in [-0.05, 0) is 64.0 Å². The quantitative estimate of drug-likeness (QED) is 0.758. The van der Waals surface area contributed by atoms with Crippen molar-refractivity contribution in [2.45, 2.75) is 51.0 Å². The summed E-state index contributed by atoms with van der Waals surface area (Å²) in [6.07, 6.45) is 5.02. The monoisotopic (exact) mass is 384 g/mol. The number of pyridine rings is 1. The normalized spacial score (nSPS) is 15.4. The molecule has 1 fully saturated rings. The second-order valence-electron chi connectivity index (χ2n) is 8.05. The molecular weight excluding hydrogens is 359 g/mol. The number of halogens is 1. The summed E-state index contributed by atoms with van der Waals surface area (Å²) in [4.78, 5) is 18.7. The van der Waals surface area contributed by atoms with Gasteiger partial charge in [-0.1, -0.05) is 13.0 Å². The molecule has 0 bridgehead atoms. The van der Waals surface area contributed by atoms with Crippen molar-refractivity contribution in [1.82, 2.24) is 15.2 Å². The van der Waals surface area contributed by atoms with Gasteiger partial charge in [0, 0.05) is 18.2 Å². The van der Waals surface area contributed by atoms with Crippen molar-refractivity contribution in [2.75, 3.05) is 11.4 Å². The van der Waals surface area contributed by atoms with Gasteiger partial charge in [0.15, 0.2) is 5.82 Å². The van der Waals surface area contributed by atoms with Crippen LogP contribution in [0.5, 0.6) is 0 Å². The van der Waals surface area contributed by atoms with Gasteiger partial charge in [-0.3, -0.25) is 9.88 Å². The van der Waals surface area contributed by atoms with Crippen molar-refractivity contribution in [3.8, 4) is 0 Å². The Balaban J connectivity index is 1.97. The third-order valence-electron chi connectivity index (χ3n) is 4.80. The standard InChI is InChI=1S/C21H25FN4O2/c1-5-15-9-10-17(25-24-15)26(19(27)28-20(2,3)4)14-21(11-7-12-21)18-16(22)8-6-13-23-18/h5-6,8-10,13H,1,7,11-12,14H2,2-4H3. The summed E-state index contributed by atoms with van der Waals surface area (Å²) in [5, 5.41) is 8.20. The number of rotatable bonds is 5. The Morgan fingerprint density at radius 1 is 1.32 bits per heavy atom. The fraction of sp³-hybridized carbons (Fsp3) is 0.429. The molecule has 1 saturated carbocycles. The highest BCUT2D eigenvalue weighted by Crippen LogP contribution is 2.45. The number of carbonyl (C=O) groups is 1. The molecule has 1 amide bonds. The van der Waals surface area contributed by atoms with Gasteiger partial charge in [0.2, 0.25) is 0 Å². The summed E-state index contributed by atoms with van der Waals surface area (Å²) in [5.41, 5.74) is -0.263. The Kier molecular flexibility index (Phi) is 5.45. The number of hydrogen-bond acceptors (Lipinski definition) is 5. The molecule has 3 rings (SSSR count). The van der Waals surface area contributed by atoms with Crippen molar-refractivity contribution in [1.29, 1.82) is 0 Å². The molecule has 0 spiro atoms. The number of aromatic nitrogens is 3. The van der Waals surface area contributed by atoms with Crippen LogP contribution in [0.4, 0.5) is 15.0 Å². The molecule has 148 valence electrons. The summed E-state index contributed by atoms with van der Waals surface area (Å²) < 4.78 is 20.1. The van der Waals surface area contributed by atoms with Crippen LogP contribution >= 0.6 is 0 Å². The van der Waals surface area contributed by atoms with Gasteiger partial charge < -0.3 is 4.74 Å². The molecule has 7 heteroatoms. The van der Waals surface area contributed by atoms with E-state index in [9.17, 15) is 9.18 Å². The van der Waals surface area contributed by atoms with Crippen molar-refractivity contribution in [3.05, 3.63) is 54.2 Å². The highest BCUT2D eigenvalue weighted by Gasteiger charge is 2.45. The average molecular weight is 384 g/mol. The molecular formula is C21H25FN4O2. The third-order valence-corrected chi connectivity index (χ3v) is 4.80. The molecule has 1 aliphatic rings. The van der Waals surface area contributed by atoms with E-state index in [-0.39, 0.29) is 12.4 Å². The number of nitrogens with zero attached hydrogens (tertiary/aromatic N) is 4. The first-order valence-corrected chi connectivity index (χ1v) is 9.32.